The van der Waals surface area contributed by atoms with Crippen molar-refractivity contribution in [3.05, 3.63) is 28.8 Å². The second-order valence-corrected chi connectivity index (χ2v) is 4.68. The average molecular weight is 283 g/mol. The van der Waals surface area contributed by atoms with E-state index < -0.39 is 6.10 Å². The average Bonchev–Trinajstić information content (AvgIpc) is 2.42. The molecule has 5 heteroatoms. The van der Waals surface area contributed by atoms with Gasteiger partial charge in [0.25, 0.3) is 0 Å². The molecule has 1 rings (SSSR count). The number of halogens is 1. The Bertz CT molecular complexity index is 432. The van der Waals surface area contributed by atoms with E-state index in [-0.39, 0.29) is 0 Å². The van der Waals surface area contributed by atoms with Gasteiger partial charge in [-0.15, -0.1) is 0 Å². The fourth-order valence-corrected chi connectivity index (χ4v) is 1.73. The van der Waals surface area contributed by atoms with Gasteiger partial charge in [0, 0.05) is 13.2 Å². The third kappa shape index (κ3) is 5.93. The van der Waals surface area contributed by atoms with Gasteiger partial charge >= 0.3 is 0 Å². The van der Waals surface area contributed by atoms with Gasteiger partial charge in [0.15, 0.2) is 0 Å². The van der Waals surface area contributed by atoms with Gasteiger partial charge in [-0.3, -0.25) is 0 Å². The number of nitrogens with zero attached hydrogens (tertiary/aromatic N) is 1. The van der Waals surface area contributed by atoms with Crippen LogP contribution in [-0.4, -0.2) is 31.0 Å². The maximum Gasteiger partial charge on any atom is 0.0992 e. The zero-order valence-electron chi connectivity index (χ0n) is 11.0. The minimum Gasteiger partial charge on any atom is -0.389 e. The number of nitriles is 1. The molecule has 1 aromatic rings. The molecule has 0 radical (unpaired) electrons. The van der Waals surface area contributed by atoms with Crippen LogP contribution in [0.4, 0.5) is 5.69 Å². The molecule has 1 aromatic carbocycles. The van der Waals surface area contributed by atoms with E-state index in [2.05, 4.69) is 12.2 Å². The normalized spacial score (nSPS) is 11.9. The highest BCUT2D eigenvalue weighted by atomic mass is 35.5. The molecule has 0 saturated carbocycles. The fraction of sp³-hybridized carbons (Fsp3) is 0.500. The number of hydrogen-bond acceptors (Lipinski definition) is 4. The first kappa shape index (κ1) is 15.8. The number of benzene rings is 1. The molecule has 0 aliphatic carbocycles. The third-order valence-corrected chi connectivity index (χ3v) is 2.89. The van der Waals surface area contributed by atoms with Crippen molar-refractivity contribution >= 4 is 17.3 Å². The van der Waals surface area contributed by atoms with Gasteiger partial charge < -0.3 is 15.2 Å². The molecule has 1 unspecified atom stereocenters. The summed E-state index contributed by atoms with van der Waals surface area (Å²) in [6, 6.07) is 7.02. The number of unbranched alkanes of at least 4 members (excludes halogenated alkanes) is 1. The number of anilines is 1. The van der Waals surface area contributed by atoms with E-state index in [4.69, 9.17) is 21.6 Å². The van der Waals surface area contributed by atoms with Crippen molar-refractivity contribution in [3.63, 3.8) is 0 Å². The van der Waals surface area contributed by atoms with Crippen LogP contribution in [0, 0.1) is 11.3 Å². The summed E-state index contributed by atoms with van der Waals surface area (Å²) in [5.41, 5.74) is 1.22. The minimum atomic E-state index is -0.580. The minimum absolute atomic E-state index is 0.306. The quantitative estimate of drug-likeness (QED) is 0.720. The van der Waals surface area contributed by atoms with Crippen LogP contribution in [0.3, 0.4) is 0 Å². The Hall–Kier alpha value is -1.28. The molecule has 19 heavy (non-hydrogen) atoms. The zero-order valence-corrected chi connectivity index (χ0v) is 11.8. The summed E-state index contributed by atoms with van der Waals surface area (Å²) in [6.45, 7) is 3.43. The molecule has 0 amide bonds. The zero-order chi connectivity index (χ0) is 14.1. The molecule has 2 N–H and O–H groups in total. The molecular weight excluding hydrogens is 264 g/mol. The maximum atomic E-state index is 9.72. The van der Waals surface area contributed by atoms with Crippen molar-refractivity contribution in [1.82, 2.24) is 0 Å². The van der Waals surface area contributed by atoms with E-state index in [9.17, 15) is 5.11 Å². The van der Waals surface area contributed by atoms with Crippen LogP contribution >= 0.6 is 11.6 Å². The number of ether oxygens (including phenoxy) is 1. The molecule has 0 spiro atoms. The Labute approximate surface area is 119 Å². The summed E-state index contributed by atoms with van der Waals surface area (Å²) in [5, 5.41) is 21.9. The van der Waals surface area contributed by atoms with Crippen LogP contribution in [0.5, 0.6) is 0 Å². The summed E-state index contributed by atoms with van der Waals surface area (Å²) in [7, 11) is 0. The van der Waals surface area contributed by atoms with Crippen molar-refractivity contribution in [3.8, 4) is 6.07 Å². The summed E-state index contributed by atoms with van der Waals surface area (Å²) >= 11 is 6.01. The first-order chi connectivity index (χ1) is 9.17. The first-order valence-electron chi connectivity index (χ1n) is 6.36. The van der Waals surface area contributed by atoms with E-state index >= 15 is 0 Å². The largest absolute Gasteiger partial charge is 0.389 e. The number of aliphatic hydroxyl groups is 1. The van der Waals surface area contributed by atoms with Crippen LogP contribution in [0.15, 0.2) is 18.2 Å². The Kier molecular flexibility index (Phi) is 7.27. The van der Waals surface area contributed by atoms with E-state index in [1.807, 2.05) is 6.07 Å². The van der Waals surface area contributed by atoms with Gasteiger partial charge in [-0.2, -0.15) is 5.26 Å². The van der Waals surface area contributed by atoms with E-state index in [0.29, 0.717) is 36.0 Å². The molecule has 0 aromatic heterocycles. The maximum absolute atomic E-state index is 9.72. The smallest absolute Gasteiger partial charge is 0.0992 e. The van der Waals surface area contributed by atoms with E-state index in [0.717, 1.165) is 12.8 Å². The van der Waals surface area contributed by atoms with E-state index in [1.54, 1.807) is 18.2 Å². The lowest BCUT2D eigenvalue weighted by Crippen LogP contribution is -2.25. The molecule has 0 saturated heterocycles. The van der Waals surface area contributed by atoms with Crippen molar-refractivity contribution in [2.24, 2.45) is 0 Å². The van der Waals surface area contributed by atoms with Gasteiger partial charge in [-0.25, -0.2) is 0 Å². The van der Waals surface area contributed by atoms with Crippen molar-refractivity contribution in [2.45, 2.75) is 25.9 Å². The highest BCUT2D eigenvalue weighted by Gasteiger charge is 2.06. The molecule has 0 fully saturated rings. The van der Waals surface area contributed by atoms with Crippen LogP contribution in [0.1, 0.15) is 25.3 Å². The lowest BCUT2D eigenvalue weighted by atomic mass is 10.2. The lowest BCUT2D eigenvalue weighted by Gasteiger charge is -2.14. The molecule has 0 heterocycles. The Morgan fingerprint density at radius 3 is 2.95 bits per heavy atom. The van der Waals surface area contributed by atoms with Crippen LogP contribution in [0.25, 0.3) is 0 Å². The second kappa shape index (κ2) is 8.76. The highest BCUT2D eigenvalue weighted by Crippen LogP contribution is 2.22. The van der Waals surface area contributed by atoms with Crippen LogP contribution in [0.2, 0.25) is 5.02 Å². The molecule has 4 nitrogen and oxygen atoms in total. The molecule has 0 bridgehead atoms. The number of hydrogen-bond donors (Lipinski definition) is 2. The molecule has 104 valence electrons. The monoisotopic (exact) mass is 282 g/mol. The highest BCUT2D eigenvalue weighted by molar-refractivity contribution is 6.33. The van der Waals surface area contributed by atoms with Gasteiger partial charge in [0.1, 0.15) is 0 Å². The van der Waals surface area contributed by atoms with E-state index in [1.165, 1.54) is 0 Å². The third-order valence-electron chi connectivity index (χ3n) is 2.58. The SMILES string of the molecule is CCCCOCC(O)CNc1ccc(C#N)cc1Cl. The summed E-state index contributed by atoms with van der Waals surface area (Å²) < 4.78 is 5.32. The van der Waals surface area contributed by atoms with Crippen LogP contribution < -0.4 is 5.32 Å². The number of nitrogens with one attached hydrogen (secondary N) is 1. The summed E-state index contributed by atoms with van der Waals surface area (Å²) in [6.07, 6.45) is 1.50. The van der Waals surface area contributed by atoms with Crippen molar-refractivity contribution in [2.75, 3.05) is 25.1 Å². The summed E-state index contributed by atoms with van der Waals surface area (Å²) in [5.74, 6) is 0. The molecular formula is C14H19ClN2O2. The molecule has 1 atom stereocenters. The topological polar surface area (TPSA) is 65.3 Å². The fourth-order valence-electron chi connectivity index (χ4n) is 1.48. The Morgan fingerprint density at radius 1 is 1.53 bits per heavy atom. The first-order valence-corrected chi connectivity index (χ1v) is 6.74. The number of aliphatic hydroxyl groups excluding tert-OH is 1. The van der Waals surface area contributed by atoms with Crippen molar-refractivity contribution in [1.29, 1.82) is 5.26 Å². The molecule has 0 aliphatic heterocycles. The van der Waals surface area contributed by atoms with Crippen LogP contribution in [-0.2, 0) is 4.74 Å². The lowest BCUT2D eigenvalue weighted by molar-refractivity contribution is 0.0422. The molecule has 0 aliphatic rings. The number of rotatable bonds is 8. The predicted octanol–water partition coefficient (Wildman–Crippen LogP) is 2.80. The van der Waals surface area contributed by atoms with Gasteiger partial charge in [0.05, 0.1) is 35.1 Å². The van der Waals surface area contributed by atoms with Gasteiger partial charge in [-0.05, 0) is 24.6 Å². The van der Waals surface area contributed by atoms with Gasteiger partial charge in [-0.1, -0.05) is 24.9 Å². The Balaban J connectivity index is 2.34. The van der Waals surface area contributed by atoms with Gasteiger partial charge in [0.2, 0.25) is 0 Å². The predicted molar refractivity (Wildman–Crippen MR) is 76.4 cm³/mol. The second-order valence-electron chi connectivity index (χ2n) is 4.27. The standard InChI is InChI=1S/C14H19ClN2O2/c1-2-3-6-19-10-12(18)9-17-14-5-4-11(8-16)7-13(14)15/h4-5,7,12,17-18H,2-3,6,9-10H2,1H3. The van der Waals surface area contributed by atoms with Crippen molar-refractivity contribution < 1.29 is 9.84 Å². The summed E-state index contributed by atoms with van der Waals surface area (Å²) in [4.78, 5) is 0. The Morgan fingerprint density at radius 2 is 2.32 bits per heavy atom.